The van der Waals surface area contributed by atoms with E-state index in [-0.39, 0.29) is 31.3 Å². The van der Waals surface area contributed by atoms with Crippen LogP contribution in [0.3, 0.4) is 0 Å². The van der Waals surface area contributed by atoms with Crippen molar-refractivity contribution in [2.75, 3.05) is 0 Å². The van der Waals surface area contributed by atoms with E-state index in [1.54, 1.807) is 0 Å². The molecule has 9 aromatic carbocycles. The number of hydrogen-bond acceptors (Lipinski definition) is 1. The van der Waals surface area contributed by atoms with Crippen molar-refractivity contribution < 1.29 is 43.9 Å². The summed E-state index contributed by atoms with van der Waals surface area (Å²) < 4.78 is 291. The zero-order valence-electron chi connectivity index (χ0n) is 60.5. The van der Waals surface area contributed by atoms with Gasteiger partial charge in [-0.3, -0.25) is 0 Å². The summed E-state index contributed by atoms with van der Waals surface area (Å²) >= 11 is 0.591. The second kappa shape index (κ2) is 12.7. The van der Waals surface area contributed by atoms with Gasteiger partial charge >= 0.3 is 0 Å². The summed E-state index contributed by atoms with van der Waals surface area (Å²) in [4.78, 5) is 0. The molecule has 0 radical (unpaired) electrons. The van der Waals surface area contributed by atoms with Crippen molar-refractivity contribution >= 4 is 75.1 Å². The summed E-state index contributed by atoms with van der Waals surface area (Å²) in [6, 6.07) is -25.0. The Bertz CT molecular complexity index is 5320. The predicted molar refractivity (Wildman–Crippen MR) is 244 cm³/mol. The summed E-state index contributed by atoms with van der Waals surface area (Å²) in [5.74, 6) is 0. The highest BCUT2D eigenvalue weighted by Crippen LogP contribution is 2.45. The van der Waals surface area contributed by atoms with Gasteiger partial charge in [-0.25, -0.2) is 0 Å². The topological polar surface area (TPSA) is 9.86 Å². The first-order valence-electron chi connectivity index (χ1n) is 32.9. The van der Waals surface area contributed by atoms with Crippen LogP contribution in [0.1, 0.15) is 43.9 Å². The molecule has 12 aromatic rings. The Morgan fingerprint density at radius 2 is 0.877 bits per heavy atom. The second-order valence-electron chi connectivity index (χ2n) is 12.4. The van der Waals surface area contributed by atoms with E-state index in [9.17, 15) is 19.2 Å². The van der Waals surface area contributed by atoms with Crippen molar-refractivity contribution in [1.82, 2.24) is 9.13 Å². The molecule has 0 N–H and O–H groups in total. The first-order chi connectivity index (χ1) is 41.6. The lowest BCUT2D eigenvalue weighted by atomic mass is 9.99. The van der Waals surface area contributed by atoms with Gasteiger partial charge in [-0.15, -0.1) is 11.3 Å². The Morgan fingerprint density at radius 3 is 1.65 bits per heavy atom. The van der Waals surface area contributed by atoms with Crippen molar-refractivity contribution in [2.45, 2.75) is 0 Å². The van der Waals surface area contributed by atoms with Crippen molar-refractivity contribution in [2.24, 2.45) is 0 Å². The molecule has 3 heteroatoms. The molecule has 57 heavy (non-hydrogen) atoms. The van der Waals surface area contributed by atoms with Gasteiger partial charge in [0.1, 0.15) is 0 Å². The SMILES string of the molecule is [2H]c1cc2c(c([2H])c1[2H])c1c([2H])c(-c3c([2H])c([2H])c4c(c3[2H])c3c([2H])c([2H])c([2H])c([2H])c3n4-c3c([2H])c([2H])c([2H])c4c3sc3c(-c5c([2H])c([2H])c(-c6c([2H])c([2H])c([2H])c([2H])c6[2H])c([2H])c5[2H])cc([2H])c([2H])c34)c([2H])c([2H])c1n2-c1c([2H])c([2H])c([2H])c([2H])c1[2H]. The zero-order valence-corrected chi connectivity index (χ0v) is 29.3. The fourth-order valence-corrected chi connectivity index (χ4v) is 8.15. The van der Waals surface area contributed by atoms with Crippen LogP contribution in [-0.2, 0) is 0 Å². The van der Waals surface area contributed by atoms with Crippen LogP contribution in [0.15, 0.2) is 205 Å². The molecular formula is C54H34N2S. The fourth-order valence-electron chi connectivity index (χ4n) is 6.92. The van der Waals surface area contributed by atoms with E-state index in [1.165, 1.54) is 0 Å². The first kappa shape index (κ1) is 13.8. The Hall–Kier alpha value is -7.20. The van der Waals surface area contributed by atoms with Crippen molar-refractivity contribution in [3.8, 4) is 44.8 Å². The van der Waals surface area contributed by atoms with Gasteiger partial charge in [-0.1, -0.05) is 151 Å². The minimum atomic E-state index is -1.02. The minimum Gasteiger partial charge on any atom is -0.309 e. The molecule has 12 rings (SSSR count). The molecule has 0 atom stereocenters. The lowest BCUT2D eigenvalue weighted by Gasteiger charge is -2.10. The van der Waals surface area contributed by atoms with Crippen molar-refractivity contribution in [3.63, 3.8) is 0 Å². The molecule has 0 aliphatic carbocycles. The van der Waals surface area contributed by atoms with E-state index < -0.39 is 271 Å². The summed E-state index contributed by atoms with van der Waals surface area (Å²) in [5, 5.41) is -2.77. The van der Waals surface area contributed by atoms with Crippen LogP contribution in [0, 0.1) is 0 Å². The van der Waals surface area contributed by atoms with Gasteiger partial charge in [0.15, 0.2) is 0 Å². The Morgan fingerprint density at radius 1 is 0.333 bits per heavy atom. The fraction of sp³-hybridized carbons (Fsp3) is 0. The van der Waals surface area contributed by atoms with Crippen LogP contribution >= 0.6 is 11.3 Å². The molecule has 3 aromatic heterocycles. The molecule has 0 spiro atoms. The lowest BCUT2D eigenvalue weighted by Crippen LogP contribution is -1.94. The van der Waals surface area contributed by atoms with Crippen LogP contribution in [0.2, 0.25) is 0 Å². The maximum atomic E-state index is 10.0. The molecule has 0 saturated carbocycles. The van der Waals surface area contributed by atoms with E-state index >= 15 is 0 Å². The highest BCUT2D eigenvalue weighted by molar-refractivity contribution is 7.26. The Labute approximate surface area is 378 Å². The molecule has 0 unspecified atom stereocenters. The number of hydrogen-bond donors (Lipinski definition) is 0. The van der Waals surface area contributed by atoms with Crippen LogP contribution in [0.4, 0.5) is 0 Å². The summed E-state index contributed by atoms with van der Waals surface area (Å²) in [7, 11) is 0. The van der Waals surface area contributed by atoms with Gasteiger partial charge in [-0.05, 0) is 87.8 Å². The molecule has 2 nitrogen and oxygen atoms in total. The van der Waals surface area contributed by atoms with Crippen LogP contribution in [-0.4, -0.2) is 9.13 Å². The van der Waals surface area contributed by atoms with Gasteiger partial charge in [0.25, 0.3) is 0 Å². The third-order valence-electron chi connectivity index (χ3n) is 9.37. The third-order valence-corrected chi connectivity index (χ3v) is 10.6. The zero-order chi connectivity index (χ0) is 65.3. The summed E-state index contributed by atoms with van der Waals surface area (Å²) in [5.41, 5.74) is -7.04. The van der Waals surface area contributed by atoms with Crippen LogP contribution in [0.5, 0.6) is 0 Å². The van der Waals surface area contributed by atoms with Crippen LogP contribution in [0.25, 0.3) is 109 Å². The van der Waals surface area contributed by atoms with Gasteiger partial charge in [0, 0.05) is 42.7 Å². The van der Waals surface area contributed by atoms with E-state index in [2.05, 4.69) is 0 Å². The average Bonchev–Trinajstić information content (AvgIpc) is 1.55. The monoisotopic (exact) mass is 774 g/mol. The normalized spacial score (nSPS) is 19.7. The van der Waals surface area contributed by atoms with Gasteiger partial charge in [-0.2, -0.15) is 0 Å². The van der Waals surface area contributed by atoms with Gasteiger partial charge in [0.05, 0.1) is 76.3 Å². The highest BCUT2D eigenvalue weighted by Gasteiger charge is 2.19. The molecule has 0 saturated heterocycles. The summed E-state index contributed by atoms with van der Waals surface area (Å²) in [6.45, 7) is 0. The lowest BCUT2D eigenvalue weighted by molar-refractivity contribution is 1.18. The highest BCUT2D eigenvalue weighted by atomic mass is 32.1. The minimum absolute atomic E-state index is 0.177. The largest absolute Gasteiger partial charge is 0.309 e. The number of thiophene rings is 1. The number of benzene rings is 9. The molecule has 3 heterocycles. The molecule has 0 fully saturated rings. The summed E-state index contributed by atoms with van der Waals surface area (Å²) in [6.07, 6.45) is 0. The predicted octanol–water partition coefficient (Wildman–Crippen LogP) is 15.2. The third kappa shape index (κ3) is 4.96. The molecular weight excluding hydrogens is 709 g/mol. The Kier molecular flexibility index (Phi) is 3.06. The number of fused-ring (bicyclic) bond motifs is 9. The first-order valence-corrected chi connectivity index (χ1v) is 17.7. The van der Waals surface area contributed by atoms with Gasteiger partial charge in [0.2, 0.25) is 0 Å². The molecule has 0 aliphatic rings. The van der Waals surface area contributed by atoms with E-state index in [1.807, 2.05) is 0 Å². The van der Waals surface area contributed by atoms with Crippen molar-refractivity contribution in [1.29, 1.82) is 0 Å². The molecule has 0 amide bonds. The quantitative estimate of drug-likeness (QED) is 0.165. The number of nitrogens with zero attached hydrogens (tertiary/aromatic N) is 2. The van der Waals surface area contributed by atoms with E-state index in [4.69, 9.17) is 24.7 Å². The maximum absolute atomic E-state index is 10.0. The maximum Gasteiger partial charge on any atom is 0.0645 e. The van der Waals surface area contributed by atoms with E-state index in [0.717, 1.165) is 21.3 Å². The number of aromatic nitrogens is 2. The molecule has 0 aliphatic heterocycles. The van der Waals surface area contributed by atoms with Crippen LogP contribution < -0.4 is 0 Å². The molecule has 0 bridgehead atoms. The number of rotatable bonds is 5. The Balaban J connectivity index is 1.22. The number of para-hydroxylation sites is 3. The van der Waals surface area contributed by atoms with E-state index in [0.29, 0.717) is 11.3 Å². The van der Waals surface area contributed by atoms with Crippen molar-refractivity contribution in [3.05, 3.63) is 205 Å². The molecule has 266 valence electrons. The standard InChI is InChI=1S/C54H34N2S/c1-3-13-35(14-4-1)36-25-27-37(28-26-36)41-19-11-20-44-45-21-12-24-52(54(45)57-53(41)44)56-49-23-10-8-18-43(49)47-34-39(30-32-51(47)56)38-29-31-50-46(33-38)42-17-7-9-22-48(42)55(50)40-15-5-2-6-16-40/h1-34H/i1D,2D,3D,4D,5D,6D,7D,8D,9D,10D,11D,12D,13D,14D,15D,16D,17D,18D,20D,21D,23D,24D,25D,26D,27D,28D,29D,30D,31D,32D,33D,34D. The smallest absolute Gasteiger partial charge is 0.0645 e. The second-order valence-corrected chi connectivity index (χ2v) is 13.4. The van der Waals surface area contributed by atoms with Gasteiger partial charge < -0.3 is 9.13 Å². The average molecular weight is 775 g/mol.